The Kier molecular flexibility index (Phi) is 13.4. The van der Waals surface area contributed by atoms with E-state index in [9.17, 15) is 36.0 Å². The van der Waals surface area contributed by atoms with Gasteiger partial charge in [0.2, 0.25) is 21.8 Å². The number of amides is 2. The molecule has 12 nitrogen and oxygen atoms in total. The van der Waals surface area contributed by atoms with E-state index in [0.29, 0.717) is 38.2 Å². The molecule has 16 heteroatoms. The molecule has 1 saturated heterocycles. The highest BCUT2D eigenvalue weighted by atomic mass is 32.2. The average Bonchev–Trinajstić information content (AvgIpc) is 3.29. The van der Waals surface area contributed by atoms with Crippen LogP contribution in [-0.4, -0.2) is 92.4 Å². The van der Waals surface area contributed by atoms with Crippen LogP contribution in [0.5, 0.6) is 0 Å². The summed E-state index contributed by atoms with van der Waals surface area (Å²) >= 11 is 0. The monoisotopic (exact) mass is 678 g/mol. The van der Waals surface area contributed by atoms with Crippen LogP contribution in [0.3, 0.4) is 0 Å². The van der Waals surface area contributed by atoms with E-state index >= 15 is 0 Å². The number of ether oxygens (including phenoxy) is 1. The van der Waals surface area contributed by atoms with Crippen LogP contribution in [0.1, 0.15) is 77.7 Å². The molecular formula is C30H45F3N4O8S. The van der Waals surface area contributed by atoms with Gasteiger partial charge in [-0.2, -0.15) is 13.2 Å². The Morgan fingerprint density at radius 1 is 1.07 bits per heavy atom. The van der Waals surface area contributed by atoms with Crippen molar-refractivity contribution in [1.82, 2.24) is 10.2 Å². The predicted molar refractivity (Wildman–Crippen MR) is 164 cm³/mol. The second kappa shape index (κ2) is 15.9. The lowest BCUT2D eigenvalue weighted by Crippen LogP contribution is -2.59. The quantitative estimate of drug-likeness (QED) is 0.222. The maximum atomic E-state index is 13.6. The van der Waals surface area contributed by atoms with Gasteiger partial charge in [0.25, 0.3) is 0 Å². The van der Waals surface area contributed by atoms with Gasteiger partial charge in [-0.1, -0.05) is 50.8 Å². The van der Waals surface area contributed by atoms with E-state index in [-0.39, 0.29) is 18.9 Å². The van der Waals surface area contributed by atoms with E-state index in [1.807, 2.05) is 24.3 Å². The van der Waals surface area contributed by atoms with E-state index in [4.69, 9.17) is 20.4 Å². The van der Waals surface area contributed by atoms with Crippen LogP contribution in [-0.2, 0) is 39.4 Å². The van der Waals surface area contributed by atoms with Crippen LogP contribution in [0.15, 0.2) is 24.3 Å². The van der Waals surface area contributed by atoms with Gasteiger partial charge < -0.3 is 25.8 Å². The number of esters is 1. The number of benzene rings is 1. The normalized spacial score (nSPS) is 16.6. The molecule has 4 N–H and O–H groups in total. The van der Waals surface area contributed by atoms with Crippen LogP contribution < -0.4 is 15.4 Å². The van der Waals surface area contributed by atoms with Crippen molar-refractivity contribution >= 4 is 39.5 Å². The van der Waals surface area contributed by atoms with Crippen molar-refractivity contribution in [2.24, 2.45) is 5.73 Å². The van der Waals surface area contributed by atoms with Crippen molar-refractivity contribution in [3.05, 3.63) is 29.8 Å². The summed E-state index contributed by atoms with van der Waals surface area (Å²) in [4.78, 5) is 49.1. The molecule has 0 radical (unpaired) electrons. The number of nitrogens with one attached hydrogen (secondary N) is 1. The summed E-state index contributed by atoms with van der Waals surface area (Å²) in [5, 5.41) is 9.80. The van der Waals surface area contributed by atoms with Gasteiger partial charge in [0.05, 0.1) is 17.5 Å². The highest BCUT2D eigenvalue weighted by Gasteiger charge is 2.48. The fraction of sp³-hybridized carbons (Fsp3) is 0.667. The van der Waals surface area contributed by atoms with Gasteiger partial charge in [0.1, 0.15) is 12.6 Å². The van der Waals surface area contributed by atoms with Gasteiger partial charge in [-0.25, -0.2) is 13.2 Å². The zero-order chi connectivity index (χ0) is 34.9. The summed E-state index contributed by atoms with van der Waals surface area (Å²) in [6.45, 7) is 6.06. The standard InChI is InChI=1S/C28H44N4O6S.C2HF3O2/c1-5-6-7-8-9-14-24(33)38-19-22(30-26(35)27(2,3)29)25(34)31-17-15-28(16-18-31)20-32(39(4,36)37)23-13-11-10-12-21(23)28;3-2(4,5)1(6)7/h10-13,22H,5-9,14-20,29H2,1-4H3,(H,30,35);(H,6,7)/t22-;/m0./s1. The van der Waals surface area contributed by atoms with Gasteiger partial charge >= 0.3 is 18.1 Å². The second-order valence-electron chi connectivity index (χ2n) is 12.3. The van der Waals surface area contributed by atoms with Gasteiger partial charge in [-0.15, -0.1) is 0 Å². The van der Waals surface area contributed by atoms with Crippen molar-refractivity contribution in [2.45, 2.75) is 95.3 Å². The summed E-state index contributed by atoms with van der Waals surface area (Å²) in [5.41, 5.74) is 6.01. The van der Waals surface area contributed by atoms with E-state index in [0.717, 1.165) is 37.7 Å². The first-order valence-electron chi connectivity index (χ1n) is 15.1. The number of hydrogen-bond acceptors (Lipinski definition) is 8. The third-order valence-corrected chi connectivity index (χ3v) is 9.08. The number of hydrogen-bond donors (Lipinski definition) is 3. The number of unbranched alkanes of at least 4 members (excludes halogenated alkanes) is 4. The Morgan fingerprint density at radius 2 is 1.63 bits per heavy atom. The minimum atomic E-state index is -5.08. The van der Waals surface area contributed by atoms with Crippen LogP contribution in [0, 0.1) is 0 Å². The lowest BCUT2D eigenvalue weighted by Gasteiger charge is -2.41. The molecule has 2 aliphatic heterocycles. The molecule has 1 aromatic rings. The molecule has 46 heavy (non-hydrogen) atoms. The van der Waals surface area contributed by atoms with Crippen LogP contribution >= 0.6 is 0 Å². The molecule has 2 heterocycles. The number of anilines is 1. The number of sulfonamides is 1. The smallest absolute Gasteiger partial charge is 0.475 e. The number of piperidine rings is 1. The molecule has 0 bridgehead atoms. The second-order valence-corrected chi connectivity index (χ2v) is 14.2. The number of carbonyl (C=O) groups is 4. The molecular weight excluding hydrogens is 633 g/mol. The summed E-state index contributed by atoms with van der Waals surface area (Å²) in [6, 6.07) is 6.46. The molecule has 2 aliphatic rings. The molecule has 1 fully saturated rings. The largest absolute Gasteiger partial charge is 0.490 e. The highest BCUT2D eigenvalue weighted by Crippen LogP contribution is 2.47. The zero-order valence-corrected chi connectivity index (χ0v) is 27.5. The number of halogens is 3. The van der Waals surface area contributed by atoms with Gasteiger partial charge in [0, 0.05) is 31.5 Å². The Morgan fingerprint density at radius 3 is 2.15 bits per heavy atom. The number of fused-ring (bicyclic) bond motifs is 2. The lowest BCUT2D eigenvalue weighted by molar-refractivity contribution is -0.192. The van der Waals surface area contributed by atoms with E-state index < -0.39 is 51.0 Å². The third kappa shape index (κ3) is 10.9. The third-order valence-electron chi connectivity index (χ3n) is 7.95. The molecule has 1 atom stereocenters. The first-order valence-corrected chi connectivity index (χ1v) is 17.0. The molecule has 0 unspecified atom stereocenters. The first-order chi connectivity index (χ1) is 21.2. The summed E-state index contributed by atoms with van der Waals surface area (Å²) in [6.07, 6.45) is 2.51. The van der Waals surface area contributed by atoms with Crippen LogP contribution in [0.25, 0.3) is 0 Å². The molecule has 260 valence electrons. The molecule has 3 rings (SSSR count). The number of carboxylic acid groups (broad SMARTS) is 1. The minimum absolute atomic E-state index is 0.263. The average molecular weight is 679 g/mol. The van der Waals surface area contributed by atoms with E-state index in [1.54, 1.807) is 18.7 Å². The number of carboxylic acids is 1. The Hall–Kier alpha value is -3.40. The number of rotatable bonds is 12. The Bertz CT molecular complexity index is 1340. The van der Waals surface area contributed by atoms with Crippen molar-refractivity contribution < 1.29 is 50.6 Å². The summed E-state index contributed by atoms with van der Waals surface area (Å²) in [7, 11) is -3.44. The maximum absolute atomic E-state index is 13.6. The van der Waals surface area contributed by atoms with Crippen molar-refractivity contribution in [3.63, 3.8) is 0 Å². The van der Waals surface area contributed by atoms with Crippen LogP contribution in [0.2, 0.25) is 0 Å². The van der Waals surface area contributed by atoms with Crippen molar-refractivity contribution in [1.29, 1.82) is 0 Å². The number of alkyl halides is 3. The maximum Gasteiger partial charge on any atom is 0.490 e. The number of nitrogens with zero attached hydrogens (tertiary/aromatic N) is 2. The zero-order valence-electron chi connectivity index (χ0n) is 26.7. The fourth-order valence-electron chi connectivity index (χ4n) is 5.32. The Balaban J connectivity index is 0.000000942. The van der Waals surface area contributed by atoms with Gasteiger partial charge in [-0.3, -0.25) is 18.7 Å². The number of likely N-dealkylation sites (tertiary alicyclic amines) is 1. The number of nitrogens with two attached hydrogens (primary N) is 1. The molecule has 1 aromatic carbocycles. The fourth-order valence-corrected chi connectivity index (χ4v) is 6.32. The predicted octanol–water partition coefficient (Wildman–Crippen LogP) is 3.09. The van der Waals surface area contributed by atoms with Gasteiger partial charge in [-0.05, 0) is 44.7 Å². The minimum Gasteiger partial charge on any atom is -0.475 e. The van der Waals surface area contributed by atoms with E-state index in [2.05, 4.69) is 12.2 Å². The van der Waals surface area contributed by atoms with Crippen LogP contribution in [0.4, 0.5) is 18.9 Å². The first kappa shape index (κ1) is 38.8. The van der Waals surface area contributed by atoms with Crippen molar-refractivity contribution in [2.75, 3.05) is 36.8 Å². The van der Waals surface area contributed by atoms with Gasteiger partial charge in [0.15, 0.2) is 0 Å². The number of aliphatic carboxylic acids is 1. The lowest BCUT2D eigenvalue weighted by atomic mass is 9.74. The number of carbonyl (C=O) groups excluding carboxylic acids is 3. The molecule has 2 amide bonds. The topological polar surface area (TPSA) is 176 Å². The van der Waals surface area contributed by atoms with Crippen molar-refractivity contribution in [3.8, 4) is 0 Å². The molecule has 0 aliphatic carbocycles. The van der Waals surface area contributed by atoms with E-state index in [1.165, 1.54) is 10.6 Å². The SMILES string of the molecule is CCCCCCCC(=O)OC[C@H](NC(=O)C(C)(C)N)C(=O)N1CCC2(CC1)CN(S(C)(=O)=O)c1ccccc12.O=C(O)C(F)(F)F. The number of para-hydroxylation sites is 1. The molecule has 0 saturated carbocycles. The summed E-state index contributed by atoms with van der Waals surface area (Å²) in [5.74, 6) is -4.01. The molecule has 0 aromatic heterocycles. The molecule has 1 spiro atoms. The summed E-state index contributed by atoms with van der Waals surface area (Å²) < 4.78 is 63.6. The highest BCUT2D eigenvalue weighted by molar-refractivity contribution is 7.92. The Labute approximate surface area is 267 Å².